The second-order valence-corrected chi connectivity index (χ2v) is 5.34. The van der Waals surface area contributed by atoms with Crippen molar-refractivity contribution in [3.8, 4) is 5.75 Å². The standard InChI is InChI=1S/C19H19NO4/c1-13-3-5-14(6-4-13)12-20-19(23)16-9-15(10-17(21)11-16)7-8-18(22)24-2/h3-11,21H,12H2,1-2H3,(H,20,23)/b8-7+. The third-order valence-electron chi connectivity index (χ3n) is 3.39. The highest BCUT2D eigenvalue weighted by Gasteiger charge is 2.08. The fourth-order valence-corrected chi connectivity index (χ4v) is 2.08. The minimum atomic E-state index is -0.510. The number of benzene rings is 2. The lowest BCUT2D eigenvalue weighted by atomic mass is 10.1. The summed E-state index contributed by atoms with van der Waals surface area (Å²) in [4.78, 5) is 23.4. The number of esters is 1. The number of phenolic OH excluding ortho intramolecular Hbond substituents is 1. The number of methoxy groups -OCH3 is 1. The Morgan fingerprint density at radius 1 is 1.17 bits per heavy atom. The molecule has 0 heterocycles. The smallest absolute Gasteiger partial charge is 0.330 e. The molecular weight excluding hydrogens is 306 g/mol. The summed E-state index contributed by atoms with van der Waals surface area (Å²) in [5, 5.41) is 12.6. The second kappa shape index (κ2) is 7.97. The number of phenols is 1. The van der Waals surface area contributed by atoms with Gasteiger partial charge in [-0.15, -0.1) is 0 Å². The number of carbonyl (C=O) groups is 2. The van der Waals surface area contributed by atoms with Gasteiger partial charge in [-0.3, -0.25) is 4.79 Å². The van der Waals surface area contributed by atoms with Gasteiger partial charge >= 0.3 is 5.97 Å². The predicted molar refractivity (Wildman–Crippen MR) is 91.5 cm³/mol. The maximum absolute atomic E-state index is 12.2. The Morgan fingerprint density at radius 2 is 1.88 bits per heavy atom. The zero-order valence-electron chi connectivity index (χ0n) is 13.6. The quantitative estimate of drug-likeness (QED) is 0.655. The van der Waals surface area contributed by atoms with Crippen LogP contribution in [0.15, 0.2) is 48.5 Å². The van der Waals surface area contributed by atoms with E-state index in [2.05, 4.69) is 10.1 Å². The van der Waals surface area contributed by atoms with Crippen LogP contribution < -0.4 is 5.32 Å². The number of nitrogens with one attached hydrogen (secondary N) is 1. The molecule has 0 aliphatic heterocycles. The third-order valence-corrected chi connectivity index (χ3v) is 3.39. The van der Waals surface area contributed by atoms with E-state index in [0.717, 1.165) is 11.1 Å². The van der Waals surface area contributed by atoms with Crippen LogP contribution in [0.4, 0.5) is 0 Å². The van der Waals surface area contributed by atoms with Gasteiger partial charge in [-0.2, -0.15) is 0 Å². The Bertz CT molecular complexity index is 763. The van der Waals surface area contributed by atoms with Crippen LogP contribution >= 0.6 is 0 Å². The van der Waals surface area contributed by atoms with Crippen molar-refractivity contribution < 1.29 is 19.4 Å². The van der Waals surface area contributed by atoms with E-state index in [-0.39, 0.29) is 11.7 Å². The largest absolute Gasteiger partial charge is 0.508 e. The van der Waals surface area contributed by atoms with Gasteiger partial charge in [0.05, 0.1) is 7.11 Å². The number of amides is 1. The lowest BCUT2D eigenvalue weighted by Crippen LogP contribution is -2.22. The number of hydrogen-bond donors (Lipinski definition) is 2. The van der Waals surface area contributed by atoms with Crippen LogP contribution in [0.3, 0.4) is 0 Å². The first kappa shape index (κ1) is 17.3. The van der Waals surface area contributed by atoms with Crippen LogP contribution in [-0.4, -0.2) is 24.1 Å². The molecule has 0 radical (unpaired) electrons. The van der Waals surface area contributed by atoms with E-state index < -0.39 is 5.97 Å². The summed E-state index contributed by atoms with van der Waals surface area (Å²) in [6.45, 7) is 2.39. The Morgan fingerprint density at radius 3 is 2.54 bits per heavy atom. The maximum atomic E-state index is 12.2. The van der Waals surface area contributed by atoms with Gasteiger partial charge in [-0.1, -0.05) is 29.8 Å². The zero-order chi connectivity index (χ0) is 17.5. The minimum Gasteiger partial charge on any atom is -0.508 e. The lowest BCUT2D eigenvalue weighted by Gasteiger charge is -2.07. The number of hydrogen-bond acceptors (Lipinski definition) is 4. The van der Waals surface area contributed by atoms with Crippen molar-refractivity contribution in [2.45, 2.75) is 13.5 Å². The molecule has 2 aromatic rings. The van der Waals surface area contributed by atoms with Gasteiger partial charge in [0.2, 0.25) is 0 Å². The molecule has 0 aliphatic rings. The van der Waals surface area contributed by atoms with Crippen molar-refractivity contribution in [2.75, 3.05) is 7.11 Å². The van der Waals surface area contributed by atoms with Crippen molar-refractivity contribution in [2.24, 2.45) is 0 Å². The molecule has 0 bridgehead atoms. The normalized spacial score (nSPS) is 10.6. The molecule has 5 heteroatoms. The fourth-order valence-electron chi connectivity index (χ4n) is 2.08. The maximum Gasteiger partial charge on any atom is 0.330 e. The Balaban J connectivity index is 2.08. The summed E-state index contributed by atoms with van der Waals surface area (Å²) in [6, 6.07) is 12.3. The molecule has 2 rings (SSSR count). The Hall–Kier alpha value is -3.08. The van der Waals surface area contributed by atoms with Crippen LogP contribution in [0.2, 0.25) is 0 Å². The summed E-state index contributed by atoms with van der Waals surface area (Å²) in [7, 11) is 1.28. The predicted octanol–water partition coefficient (Wildman–Crippen LogP) is 2.82. The van der Waals surface area contributed by atoms with Gasteiger partial charge in [-0.05, 0) is 42.3 Å². The third kappa shape index (κ3) is 4.98. The molecule has 0 unspecified atom stereocenters. The minimum absolute atomic E-state index is 0.0532. The van der Waals surface area contributed by atoms with E-state index in [1.807, 2.05) is 31.2 Å². The van der Waals surface area contributed by atoms with E-state index in [0.29, 0.717) is 17.7 Å². The van der Waals surface area contributed by atoms with Crippen LogP contribution in [0.1, 0.15) is 27.0 Å². The average molecular weight is 325 g/mol. The number of rotatable bonds is 5. The van der Waals surface area contributed by atoms with Crippen LogP contribution in [0.25, 0.3) is 6.08 Å². The summed E-state index contributed by atoms with van der Waals surface area (Å²) in [5.41, 5.74) is 2.98. The molecule has 0 aliphatic carbocycles. The molecule has 2 N–H and O–H groups in total. The molecule has 5 nitrogen and oxygen atoms in total. The number of aromatic hydroxyl groups is 1. The molecule has 124 valence electrons. The lowest BCUT2D eigenvalue weighted by molar-refractivity contribution is -0.134. The molecule has 0 saturated carbocycles. The van der Waals surface area contributed by atoms with E-state index in [4.69, 9.17) is 0 Å². The summed E-state index contributed by atoms with van der Waals surface area (Å²) < 4.78 is 4.51. The zero-order valence-corrected chi connectivity index (χ0v) is 13.6. The van der Waals surface area contributed by atoms with Crippen LogP contribution in [0.5, 0.6) is 5.75 Å². The molecule has 2 aromatic carbocycles. The molecule has 0 saturated heterocycles. The number of carbonyl (C=O) groups excluding carboxylic acids is 2. The molecule has 24 heavy (non-hydrogen) atoms. The Kier molecular flexibility index (Phi) is 5.73. The van der Waals surface area contributed by atoms with Crippen molar-refractivity contribution >= 4 is 18.0 Å². The number of aryl methyl sites for hydroxylation is 1. The Labute approximate surface area is 140 Å². The summed E-state index contributed by atoms with van der Waals surface area (Å²) in [5.74, 6) is -0.870. The highest BCUT2D eigenvalue weighted by Crippen LogP contribution is 2.17. The molecule has 0 spiro atoms. The first-order valence-corrected chi connectivity index (χ1v) is 7.42. The molecule has 0 aromatic heterocycles. The molecule has 0 fully saturated rings. The molecule has 0 atom stereocenters. The van der Waals surface area contributed by atoms with Gasteiger partial charge in [0, 0.05) is 18.2 Å². The van der Waals surface area contributed by atoms with Gasteiger partial charge < -0.3 is 15.2 Å². The van der Waals surface area contributed by atoms with Crippen LogP contribution in [0, 0.1) is 6.92 Å². The number of ether oxygens (including phenoxy) is 1. The first-order valence-electron chi connectivity index (χ1n) is 7.42. The SMILES string of the molecule is COC(=O)/C=C/c1cc(O)cc(C(=O)NCc2ccc(C)cc2)c1. The monoisotopic (exact) mass is 325 g/mol. The first-order chi connectivity index (χ1) is 11.5. The van der Waals surface area contributed by atoms with Gasteiger partial charge in [0.1, 0.15) is 5.75 Å². The molecule has 1 amide bonds. The van der Waals surface area contributed by atoms with E-state index in [1.165, 1.54) is 31.4 Å². The van der Waals surface area contributed by atoms with Crippen molar-refractivity contribution in [1.29, 1.82) is 0 Å². The van der Waals surface area contributed by atoms with Crippen molar-refractivity contribution in [3.63, 3.8) is 0 Å². The topological polar surface area (TPSA) is 75.6 Å². The van der Waals surface area contributed by atoms with Gasteiger partial charge in [-0.25, -0.2) is 4.79 Å². The van der Waals surface area contributed by atoms with E-state index in [1.54, 1.807) is 6.07 Å². The molecular formula is C19H19NO4. The van der Waals surface area contributed by atoms with E-state index in [9.17, 15) is 14.7 Å². The summed E-state index contributed by atoms with van der Waals surface area (Å²) >= 11 is 0. The highest BCUT2D eigenvalue weighted by molar-refractivity contribution is 5.95. The van der Waals surface area contributed by atoms with Crippen molar-refractivity contribution in [3.05, 3.63) is 70.8 Å². The second-order valence-electron chi connectivity index (χ2n) is 5.34. The van der Waals surface area contributed by atoms with Crippen LogP contribution in [-0.2, 0) is 16.1 Å². The highest BCUT2D eigenvalue weighted by atomic mass is 16.5. The fraction of sp³-hybridized carbons (Fsp3) is 0.158. The van der Waals surface area contributed by atoms with Gasteiger partial charge in [0.25, 0.3) is 5.91 Å². The van der Waals surface area contributed by atoms with Crippen molar-refractivity contribution in [1.82, 2.24) is 5.32 Å². The average Bonchev–Trinajstić information content (AvgIpc) is 2.58. The summed E-state index contributed by atoms with van der Waals surface area (Å²) in [6.07, 6.45) is 2.70. The van der Waals surface area contributed by atoms with Gasteiger partial charge in [0.15, 0.2) is 0 Å². The van der Waals surface area contributed by atoms with E-state index >= 15 is 0 Å².